The SMILES string of the molecule is CCn1c(SCC(=O)N[C@H](C)CCCC(C)C)nnc1-c1cccs1. The summed E-state index contributed by atoms with van der Waals surface area (Å²) in [6, 6.07) is 4.27. The Morgan fingerprint density at radius 1 is 1.32 bits per heavy atom. The van der Waals surface area contributed by atoms with E-state index in [1.165, 1.54) is 18.2 Å². The molecule has 25 heavy (non-hydrogen) atoms. The van der Waals surface area contributed by atoms with Crippen LogP contribution in [-0.2, 0) is 11.3 Å². The van der Waals surface area contributed by atoms with Gasteiger partial charge in [0.25, 0.3) is 0 Å². The minimum absolute atomic E-state index is 0.0605. The summed E-state index contributed by atoms with van der Waals surface area (Å²) >= 11 is 3.10. The van der Waals surface area contributed by atoms with Gasteiger partial charge in [-0.15, -0.1) is 21.5 Å². The molecule has 0 aromatic carbocycles. The number of amides is 1. The smallest absolute Gasteiger partial charge is 0.230 e. The van der Waals surface area contributed by atoms with Crippen molar-refractivity contribution < 1.29 is 4.79 Å². The molecule has 0 fully saturated rings. The standard InChI is InChI=1S/C18H28N4OS2/c1-5-22-17(15-10-7-11-24-15)20-21-18(22)25-12-16(23)19-14(4)9-6-8-13(2)3/h7,10-11,13-14H,5-6,8-9,12H2,1-4H3,(H,19,23)/t14-/m1/s1. The number of nitrogens with zero attached hydrogens (tertiary/aromatic N) is 3. The first-order valence-corrected chi connectivity index (χ1v) is 10.8. The van der Waals surface area contributed by atoms with Crippen LogP contribution in [-0.4, -0.2) is 32.5 Å². The minimum atomic E-state index is 0.0605. The van der Waals surface area contributed by atoms with Gasteiger partial charge in [-0.25, -0.2) is 0 Å². The van der Waals surface area contributed by atoms with Crippen molar-refractivity contribution in [1.29, 1.82) is 0 Å². The van der Waals surface area contributed by atoms with Crippen LogP contribution in [0.15, 0.2) is 22.7 Å². The number of hydrogen-bond donors (Lipinski definition) is 1. The van der Waals surface area contributed by atoms with Crippen LogP contribution in [0.2, 0.25) is 0 Å². The van der Waals surface area contributed by atoms with E-state index < -0.39 is 0 Å². The summed E-state index contributed by atoms with van der Waals surface area (Å²) in [6.45, 7) is 9.39. The highest BCUT2D eigenvalue weighted by molar-refractivity contribution is 7.99. The summed E-state index contributed by atoms with van der Waals surface area (Å²) < 4.78 is 2.07. The van der Waals surface area contributed by atoms with Crippen molar-refractivity contribution in [2.45, 2.75) is 64.7 Å². The van der Waals surface area contributed by atoms with Crippen LogP contribution >= 0.6 is 23.1 Å². The maximum atomic E-state index is 12.2. The van der Waals surface area contributed by atoms with Crippen LogP contribution in [0.4, 0.5) is 0 Å². The fourth-order valence-electron chi connectivity index (χ4n) is 2.62. The fraction of sp³-hybridized carbons (Fsp3) is 0.611. The van der Waals surface area contributed by atoms with Crippen LogP contribution in [0, 0.1) is 5.92 Å². The quantitative estimate of drug-likeness (QED) is 0.619. The first-order chi connectivity index (χ1) is 12.0. The summed E-state index contributed by atoms with van der Waals surface area (Å²) in [6.07, 6.45) is 3.39. The largest absolute Gasteiger partial charge is 0.353 e. The normalized spacial score (nSPS) is 12.5. The van der Waals surface area contributed by atoms with Crippen molar-refractivity contribution in [2.24, 2.45) is 5.92 Å². The Hall–Kier alpha value is -1.34. The van der Waals surface area contributed by atoms with Gasteiger partial charge in [0, 0.05) is 12.6 Å². The Labute approximate surface area is 158 Å². The predicted molar refractivity (Wildman–Crippen MR) is 106 cm³/mol. The van der Waals surface area contributed by atoms with Crippen molar-refractivity contribution in [3.05, 3.63) is 17.5 Å². The zero-order valence-electron chi connectivity index (χ0n) is 15.5. The molecule has 1 N–H and O–H groups in total. The molecular weight excluding hydrogens is 352 g/mol. The van der Waals surface area contributed by atoms with E-state index in [0.717, 1.165) is 41.2 Å². The summed E-state index contributed by atoms with van der Waals surface area (Å²) in [5, 5.41) is 14.5. The molecule has 0 saturated carbocycles. The Morgan fingerprint density at radius 2 is 2.12 bits per heavy atom. The number of carbonyl (C=O) groups is 1. The number of hydrogen-bond acceptors (Lipinski definition) is 5. The first-order valence-electron chi connectivity index (χ1n) is 8.90. The van der Waals surface area contributed by atoms with Gasteiger partial charge in [-0.05, 0) is 37.6 Å². The second-order valence-corrected chi connectivity index (χ2v) is 8.50. The topological polar surface area (TPSA) is 59.8 Å². The van der Waals surface area contributed by atoms with Crippen LogP contribution in [0.1, 0.15) is 47.0 Å². The van der Waals surface area contributed by atoms with Crippen LogP contribution in [0.25, 0.3) is 10.7 Å². The minimum Gasteiger partial charge on any atom is -0.353 e. The highest BCUT2D eigenvalue weighted by Gasteiger charge is 2.15. The molecule has 138 valence electrons. The van der Waals surface area contributed by atoms with E-state index >= 15 is 0 Å². The average Bonchev–Trinajstić information content (AvgIpc) is 3.21. The van der Waals surface area contributed by atoms with Gasteiger partial charge in [0.05, 0.1) is 10.6 Å². The molecule has 7 heteroatoms. The molecule has 2 aromatic heterocycles. The van der Waals surface area contributed by atoms with E-state index in [4.69, 9.17) is 0 Å². The molecule has 5 nitrogen and oxygen atoms in total. The Balaban J connectivity index is 1.84. The number of rotatable bonds is 10. The third-order valence-electron chi connectivity index (χ3n) is 3.93. The molecule has 0 saturated heterocycles. The van der Waals surface area contributed by atoms with E-state index in [0.29, 0.717) is 5.75 Å². The van der Waals surface area contributed by atoms with Gasteiger partial charge in [0.15, 0.2) is 11.0 Å². The fourth-order valence-corrected chi connectivity index (χ4v) is 4.15. The molecule has 0 aliphatic rings. The monoisotopic (exact) mass is 380 g/mol. The van der Waals surface area contributed by atoms with Crippen molar-refractivity contribution >= 4 is 29.0 Å². The van der Waals surface area contributed by atoms with Gasteiger partial charge >= 0.3 is 0 Å². The van der Waals surface area contributed by atoms with Crippen LogP contribution in [0.5, 0.6) is 0 Å². The number of thiophene rings is 1. The molecule has 0 spiro atoms. The lowest BCUT2D eigenvalue weighted by Gasteiger charge is -2.14. The summed E-state index contributed by atoms with van der Waals surface area (Å²) in [7, 11) is 0. The zero-order valence-corrected chi connectivity index (χ0v) is 17.1. The van der Waals surface area contributed by atoms with Crippen molar-refractivity contribution in [1.82, 2.24) is 20.1 Å². The van der Waals surface area contributed by atoms with Crippen molar-refractivity contribution in [3.63, 3.8) is 0 Å². The molecule has 1 amide bonds. The second kappa shape index (κ2) is 9.97. The van der Waals surface area contributed by atoms with Crippen molar-refractivity contribution in [3.8, 4) is 10.7 Å². The van der Waals surface area contributed by atoms with E-state index in [1.807, 2.05) is 17.5 Å². The molecule has 2 aromatic rings. The lowest BCUT2D eigenvalue weighted by atomic mass is 10.0. The third-order valence-corrected chi connectivity index (χ3v) is 5.77. The Kier molecular flexibility index (Phi) is 7.96. The highest BCUT2D eigenvalue weighted by atomic mass is 32.2. The molecular formula is C18H28N4OS2. The summed E-state index contributed by atoms with van der Waals surface area (Å²) in [4.78, 5) is 13.3. The van der Waals surface area contributed by atoms with Crippen molar-refractivity contribution in [2.75, 3.05) is 5.75 Å². The van der Waals surface area contributed by atoms with Crippen LogP contribution in [0.3, 0.4) is 0 Å². The van der Waals surface area contributed by atoms with E-state index in [2.05, 4.69) is 47.8 Å². The molecule has 0 unspecified atom stereocenters. The molecule has 0 bridgehead atoms. The number of nitrogens with one attached hydrogen (secondary N) is 1. The van der Waals surface area contributed by atoms with Gasteiger partial charge in [0.2, 0.25) is 5.91 Å². The highest BCUT2D eigenvalue weighted by Crippen LogP contribution is 2.27. The van der Waals surface area contributed by atoms with E-state index in [9.17, 15) is 4.79 Å². The Morgan fingerprint density at radius 3 is 2.76 bits per heavy atom. The second-order valence-electron chi connectivity index (χ2n) is 6.61. The number of carbonyl (C=O) groups excluding carboxylic acids is 1. The van der Waals surface area contributed by atoms with Gasteiger partial charge in [-0.1, -0.05) is 44.5 Å². The average molecular weight is 381 g/mol. The third kappa shape index (κ3) is 6.15. The Bertz CT molecular complexity index is 652. The maximum absolute atomic E-state index is 12.2. The molecule has 0 radical (unpaired) electrons. The summed E-state index contributed by atoms with van der Waals surface area (Å²) in [5.41, 5.74) is 0. The lowest BCUT2D eigenvalue weighted by Crippen LogP contribution is -2.33. The predicted octanol–water partition coefficient (Wildman–Crippen LogP) is 4.45. The zero-order chi connectivity index (χ0) is 18.2. The lowest BCUT2D eigenvalue weighted by molar-refractivity contribution is -0.119. The molecule has 0 aliphatic heterocycles. The van der Waals surface area contributed by atoms with Gasteiger partial charge in [0.1, 0.15) is 0 Å². The van der Waals surface area contributed by atoms with Crippen LogP contribution < -0.4 is 5.32 Å². The van der Waals surface area contributed by atoms with Gasteiger partial charge in [-0.3, -0.25) is 4.79 Å². The van der Waals surface area contributed by atoms with E-state index in [-0.39, 0.29) is 11.9 Å². The van der Waals surface area contributed by atoms with E-state index in [1.54, 1.807) is 11.3 Å². The number of aromatic nitrogens is 3. The maximum Gasteiger partial charge on any atom is 0.230 e. The molecule has 1 atom stereocenters. The van der Waals surface area contributed by atoms with Gasteiger partial charge < -0.3 is 9.88 Å². The molecule has 2 rings (SSSR count). The van der Waals surface area contributed by atoms with Gasteiger partial charge in [-0.2, -0.15) is 0 Å². The molecule has 0 aliphatic carbocycles. The first kappa shape index (κ1) is 20.0. The number of thioether (sulfide) groups is 1. The summed E-state index contributed by atoms with van der Waals surface area (Å²) in [5.74, 6) is 2.03. The molecule has 2 heterocycles.